The van der Waals surface area contributed by atoms with Crippen molar-refractivity contribution >= 4 is 38.9 Å². The van der Waals surface area contributed by atoms with E-state index in [4.69, 9.17) is 0 Å². The molecule has 0 fully saturated rings. The van der Waals surface area contributed by atoms with Gasteiger partial charge in [0.1, 0.15) is 0 Å². The van der Waals surface area contributed by atoms with Gasteiger partial charge in [-0.25, -0.2) is 0 Å². The maximum Gasteiger partial charge on any atom is 2.00 e. The van der Waals surface area contributed by atoms with Gasteiger partial charge in [-0.2, -0.15) is 0 Å². The van der Waals surface area contributed by atoms with Crippen LogP contribution in [0.15, 0.2) is 23.7 Å². The number of hydrogen-bond acceptors (Lipinski definition) is 4. The summed E-state index contributed by atoms with van der Waals surface area (Å²) in [6.45, 7) is 5.39. The van der Waals surface area contributed by atoms with E-state index >= 15 is 0 Å². The Morgan fingerprint density at radius 3 is 1.00 bits per heavy atom. The van der Waals surface area contributed by atoms with E-state index in [0.29, 0.717) is 0 Å². The van der Waals surface area contributed by atoms with Gasteiger partial charge >= 0.3 is 27.3 Å². The molecule has 0 aliphatic heterocycles. The second kappa shape index (κ2) is 11.4. The summed E-state index contributed by atoms with van der Waals surface area (Å²) in [7, 11) is 0. The molecular formula is C10H14O4Pb. The zero-order valence-corrected chi connectivity index (χ0v) is 13.2. The van der Waals surface area contributed by atoms with Gasteiger partial charge in [0.2, 0.25) is 0 Å². The van der Waals surface area contributed by atoms with Crippen LogP contribution in [0.3, 0.4) is 0 Å². The predicted molar refractivity (Wildman–Crippen MR) is 54.6 cm³/mol. The first-order valence-corrected chi connectivity index (χ1v) is 3.97. The molecule has 0 saturated carbocycles. The van der Waals surface area contributed by atoms with Crippen molar-refractivity contribution in [2.24, 2.45) is 0 Å². The Labute approximate surface area is 110 Å². The van der Waals surface area contributed by atoms with Crippen molar-refractivity contribution < 1.29 is 19.8 Å². The molecule has 0 rings (SSSR count). The van der Waals surface area contributed by atoms with Gasteiger partial charge in [0.15, 0.2) is 11.6 Å². The fraction of sp³-hybridized carbons (Fsp3) is 0.400. The van der Waals surface area contributed by atoms with Crippen LogP contribution in [0.4, 0.5) is 0 Å². The van der Waals surface area contributed by atoms with Crippen LogP contribution in [-0.4, -0.2) is 38.9 Å². The minimum Gasteiger partial charge on any atom is -0.876 e. The van der Waals surface area contributed by atoms with E-state index in [-0.39, 0.29) is 50.4 Å². The molecule has 5 heteroatoms. The topological polar surface area (TPSA) is 80.3 Å². The smallest absolute Gasteiger partial charge is 0.876 e. The number of ketones is 2. The minimum atomic E-state index is -0.187. The molecule has 15 heavy (non-hydrogen) atoms. The van der Waals surface area contributed by atoms with Gasteiger partial charge in [-0.05, 0) is 26.0 Å². The molecule has 2 radical (unpaired) electrons. The van der Waals surface area contributed by atoms with Gasteiger partial charge in [0.05, 0.1) is 0 Å². The first kappa shape index (κ1) is 19.8. The Hall–Kier alpha value is -0.658. The van der Waals surface area contributed by atoms with Crippen molar-refractivity contribution in [1.82, 2.24) is 0 Å². The summed E-state index contributed by atoms with van der Waals surface area (Å²) in [6.07, 6.45) is 2.11. The number of carbonyl (C=O) groups excluding carboxylic acids is 2. The average molecular weight is 405 g/mol. The second-order valence-electron chi connectivity index (χ2n) is 2.73. The van der Waals surface area contributed by atoms with Crippen molar-refractivity contribution in [2.45, 2.75) is 27.7 Å². The molecule has 0 heterocycles. The van der Waals surface area contributed by atoms with Gasteiger partial charge in [-0.3, -0.25) is 9.59 Å². The van der Waals surface area contributed by atoms with Crippen LogP contribution in [0.5, 0.6) is 0 Å². The summed E-state index contributed by atoms with van der Waals surface area (Å²) >= 11 is 0. The molecule has 0 aliphatic carbocycles. The zero-order chi connectivity index (χ0) is 11.7. The normalized spacial score (nSPS) is 10.7. The SMILES string of the molecule is CC(=O)/C=C(/C)[O-].CC(=O)/C=C(/C)[O-].[Pb+2]. The standard InChI is InChI=1S/2C5H8O2.Pb/c2*1-4(6)3-5(2)7;/h2*3,6H,1-2H3;/q;;+2/p-2/b2*4-3-;. The molecule has 0 aromatic carbocycles. The van der Waals surface area contributed by atoms with E-state index in [1.54, 1.807) is 0 Å². The second-order valence-corrected chi connectivity index (χ2v) is 2.73. The first-order valence-electron chi connectivity index (χ1n) is 3.97. The van der Waals surface area contributed by atoms with Gasteiger partial charge in [-0.15, -0.1) is 11.5 Å². The zero-order valence-electron chi connectivity index (χ0n) is 9.29. The Kier molecular flexibility index (Phi) is 15.1. The summed E-state index contributed by atoms with van der Waals surface area (Å²) in [5, 5.41) is 20.0. The summed E-state index contributed by atoms with van der Waals surface area (Å²) in [6, 6.07) is 0. The van der Waals surface area contributed by atoms with Crippen LogP contribution in [0.2, 0.25) is 0 Å². The fourth-order valence-electron chi connectivity index (χ4n) is 0.572. The van der Waals surface area contributed by atoms with Crippen LogP contribution in [-0.2, 0) is 9.59 Å². The maximum atomic E-state index is 9.98. The third kappa shape index (κ3) is 31.8. The monoisotopic (exact) mass is 406 g/mol. The van der Waals surface area contributed by atoms with Crippen LogP contribution in [0.25, 0.3) is 0 Å². The number of carbonyl (C=O) groups is 2. The number of rotatable bonds is 2. The summed E-state index contributed by atoms with van der Waals surface area (Å²) < 4.78 is 0. The van der Waals surface area contributed by atoms with Gasteiger partial charge < -0.3 is 10.2 Å². The molecule has 0 amide bonds. The van der Waals surface area contributed by atoms with E-state index in [9.17, 15) is 19.8 Å². The summed E-state index contributed by atoms with van der Waals surface area (Å²) in [4.78, 5) is 20.0. The number of allylic oxidation sites excluding steroid dienone is 4. The molecule has 0 N–H and O–H groups in total. The third-order valence-corrected chi connectivity index (χ3v) is 0.813. The van der Waals surface area contributed by atoms with Gasteiger partial charge in [-0.1, -0.05) is 13.8 Å². The van der Waals surface area contributed by atoms with Crippen LogP contribution in [0, 0.1) is 0 Å². The number of hydrogen-bond donors (Lipinski definition) is 0. The Morgan fingerprint density at radius 2 is 1.00 bits per heavy atom. The molecule has 0 spiro atoms. The first-order chi connectivity index (χ1) is 6.25. The van der Waals surface area contributed by atoms with Gasteiger partial charge in [0, 0.05) is 0 Å². The summed E-state index contributed by atoms with van der Waals surface area (Å²) in [5.41, 5.74) is 0. The molecule has 0 bridgehead atoms. The Morgan fingerprint density at radius 1 is 0.800 bits per heavy atom. The van der Waals surface area contributed by atoms with E-state index in [1.807, 2.05) is 0 Å². The summed E-state index contributed by atoms with van der Waals surface area (Å²) in [5.74, 6) is -0.750. The van der Waals surface area contributed by atoms with Crippen LogP contribution >= 0.6 is 0 Å². The molecule has 0 unspecified atom stereocenters. The molecule has 0 aliphatic rings. The predicted octanol–water partition coefficient (Wildman–Crippen LogP) is -0.702. The fourth-order valence-corrected chi connectivity index (χ4v) is 0.572. The Bertz CT molecular complexity index is 231. The van der Waals surface area contributed by atoms with Gasteiger partial charge in [0.25, 0.3) is 0 Å². The van der Waals surface area contributed by atoms with E-state index in [1.165, 1.54) is 27.7 Å². The van der Waals surface area contributed by atoms with Crippen molar-refractivity contribution in [3.05, 3.63) is 23.7 Å². The van der Waals surface area contributed by atoms with Crippen molar-refractivity contribution in [3.8, 4) is 0 Å². The largest absolute Gasteiger partial charge is 2.00 e. The molecular weight excluding hydrogens is 391 g/mol. The van der Waals surface area contributed by atoms with E-state index < -0.39 is 0 Å². The van der Waals surface area contributed by atoms with Crippen molar-refractivity contribution in [3.63, 3.8) is 0 Å². The van der Waals surface area contributed by atoms with E-state index in [2.05, 4.69) is 0 Å². The minimum absolute atomic E-state index is 0. The van der Waals surface area contributed by atoms with Crippen LogP contribution in [0.1, 0.15) is 27.7 Å². The van der Waals surface area contributed by atoms with E-state index in [0.717, 1.165) is 12.2 Å². The molecule has 4 nitrogen and oxygen atoms in total. The molecule has 82 valence electrons. The van der Waals surface area contributed by atoms with Crippen molar-refractivity contribution in [2.75, 3.05) is 0 Å². The Balaban J connectivity index is -0.000000180. The third-order valence-electron chi connectivity index (χ3n) is 0.813. The average Bonchev–Trinajstić information content (AvgIpc) is 1.79. The van der Waals surface area contributed by atoms with Crippen molar-refractivity contribution in [1.29, 1.82) is 0 Å². The molecule has 0 saturated heterocycles. The quantitative estimate of drug-likeness (QED) is 0.346. The molecule has 0 aromatic rings. The molecule has 0 aromatic heterocycles. The molecule has 0 atom stereocenters. The van der Waals surface area contributed by atoms with Crippen LogP contribution < -0.4 is 10.2 Å². The maximum absolute atomic E-state index is 9.98.